The standard InChI is InChI=1S/C19H14ClN3O/c20-15-6-7-16-17(10-15)22-19(11-18(16)23-9-8-21-13-23)24-12-14-4-2-1-3-5-14/h1-11,13H,12H2. The third kappa shape index (κ3) is 2.96. The zero-order valence-corrected chi connectivity index (χ0v) is 13.5. The van der Waals surface area contributed by atoms with Crippen LogP contribution in [0.15, 0.2) is 73.3 Å². The molecule has 0 aliphatic heterocycles. The maximum atomic E-state index is 6.12. The van der Waals surface area contributed by atoms with E-state index in [0.29, 0.717) is 17.5 Å². The van der Waals surface area contributed by atoms with Crippen LogP contribution in [0, 0.1) is 0 Å². The highest BCUT2D eigenvalue weighted by atomic mass is 35.5. The van der Waals surface area contributed by atoms with Gasteiger partial charge in [-0.3, -0.25) is 0 Å². The summed E-state index contributed by atoms with van der Waals surface area (Å²) in [7, 11) is 0. The van der Waals surface area contributed by atoms with Gasteiger partial charge < -0.3 is 9.30 Å². The van der Waals surface area contributed by atoms with Crippen LogP contribution in [-0.2, 0) is 6.61 Å². The van der Waals surface area contributed by atoms with Crippen molar-refractivity contribution in [1.82, 2.24) is 14.5 Å². The van der Waals surface area contributed by atoms with E-state index in [1.54, 1.807) is 12.5 Å². The molecule has 4 rings (SSSR count). The normalized spacial score (nSPS) is 10.9. The van der Waals surface area contributed by atoms with Gasteiger partial charge in [0.25, 0.3) is 0 Å². The summed E-state index contributed by atoms with van der Waals surface area (Å²) in [6.45, 7) is 0.462. The smallest absolute Gasteiger partial charge is 0.216 e. The number of imidazole rings is 1. The van der Waals surface area contributed by atoms with Crippen LogP contribution in [0.2, 0.25) is 5.02 Å². The van der Waals surface area contributed by atoms with E-state index in [0.717, 1.165) is 22.2 Å². The van der Waals surface area contributed by atoms with Crippen molar-refractivity contribution in [2.24, 2.45) is 0 Å². The van der Waals surface area contributed by atoms with Crippen molar-refractivity contribution < 1.29 is 4.74 Å². The minimum atomic E-state index is 0.462. The van der Waals surface area contributed by atoms with Gasteiger partial charge in [-0.1, -0.05) is 41.9 Å². The van der Waals surface area contributed by atoms with Crippen LogP contribution in [0.3, 0.4) is 0 Å². The Morgan fingerprint density at radius 3 is 2.71 bits per heavy atom. The quantitative estimate of drug-likeness (QED) is 0.545. The fourth-order valence-electron chi connectivity index (χ4n) is 2.58. The highest BCUT2D eigenvalue weighted by molar-refractivity contribution is 6.31. The van der Waals surface area contributed by atoms with Gasteiger partial charge in [-0.15, -0.1) is 0 Å². The van der Waals surface area contributed by atoms with Gasteiger partial charge in [-0.2, -0.15) is 0 Å². The average molecular weight is 336 g/mol. The molecule has 0 bridgehead atoms. The molecule has 5 heteroatoms. The van der Waals surface area contributed by atoms with E-state index in [-0.39, 0.29) is 0 Å². The second-order valence-electron chi connectivity index (χ2n) is 5.39. The van der Waals surface area contributed by atoms with Gasteiger partial charge in [0.05, 0.1) is 17.5 Å². The highest BCUT2D eigenvalue weighted by Crippen LogP contribution is 2.27. The number of hydrogen-bond donors (Lipinski definition) is 0. The van der Waals surface area contributed by atoms with Crippen molar-refractivity contribution in [2.75, 3.05) is 0 Å². The Balaban J connectivity index is 1.76. The summed E-state index contributed by atoms with van der Waals surface area (Å²) >= 11 is 6.12. The van der Waals surface area contributed by atoms with Gasteiger partial charge in [0.1, 0.15) is 6.61 Å². The Hall–Kier alpha value is -2.85. The number of aromatic nitrogens is 3. The van der Waals surface area contributed by atoms with Crippen LogP contribution in [-0.4, -0.2) is 14.5 Å². The maximum Gasteiger partial charge on any atom is 0.216 e. The Morgan fingerprint density at radius 2 is 1.92 bits per heavy atom. The first-order valence-electron chi connectivity index (χ1n) is 7.55. The first-order valence-corrected chi connectivity index (χ1v) is 7.93. The Labute approximate surface area is 144 Å². The topological polar surface area (TPSA) is 39.9 Å². The minimum Gasteiger partial charge on any atom is -0.473 e. The summed E-state index contributed by atoms with van der Waals surface area (Å²) in [5.41, 5.74) is 2.84. The number of rotatable bonds is 4. The van der Waals surface area contributed by atoms with E-state index in [9.17, 15) is 0 Å². The van der Waals surface area contributed by atoms with Crippen LogP contribution in [0.1, 0.15) is 5.56 Å². The van der Waals surface area contributed by atoms with Crippen molar-refractivity contribution in [2.45, 2.75) is 6.61 Å². The molecule has 118 valence electrons. The lowest BCUT2D eigenvalue weighted by atomic mass is 10.2. The number of hydrogen-bond acceptors (Lipinski definition) is 3. The average Bonchev–Trinajstić information content (AvgIpc) is 3.14. The molecule has 0 unspecified atom stereocenters. The first kappa shape index (κ1) is 14.7. The summed E-state index contributed by atoms with van der Waals surface area (Å²) in [5, 5.41) is 1.64. The molecule has 4 nitrogen and oxygen atoms in total. The monoisotopic (exact) mass is 335 g/mol. The number of nitrogens with zero attached hydrogens (tertiary/aromatic N) is 3. The largest absolute Gasteiger partial charge is 0.473 e. The molecule has 2 heterocycles. The molecule has 0 spiro atoms. The zero-order valence-electron chi connectivity index (χ0n) is 12.8. The van der Waals surface area contributed by atoms with Gasteiger partial charge in [0, 0.05) is 28.9 Å². The lowest BCUT2D eigenvalue weighted by molar-refractivity contribution is 0.295. The van der Waals surface area contributed by atoms with Crippen molar-refractivity contribution in [3.05, 3.63) is 83.9 Å². The molecule has 0 N–H and O–H groups in total. The van der Waals surface area contributed by atoms with E-state index < -0.39 is 0 Å². The summed E-state index contributed by atoms with van der Waals surface area (Å²) in [5.74, 6) is 0.553. The molecule has 0 aliphatic rings. The van der Waals surface area contributed by atoms with Gasteiger partial charge in [-0.05, 0) is 23.8 Å². The molecule has 0 radical (unpaired) electrons. The molecule has 2 aromatic heterocycles. The third-order valence-electron chi connectivity index (χ3n) is 3.74. The lowest BCUT2D eigenvalue weighted by Gasteiger charge is -2.11. The van der Waals surface area contributed by atoms with Crippen LogP contribution in [0.5, 0.6) is 5.88 Å². The number of fused-ring (bicyclic) bond motifs is 1. The number of benzene rings is 2. The molecule has 0 amide bonds. The highest BCUT2D eigenvalue weighted by Gasteiger charge is 2.09. The number of ether oxygens (including phenoxy) is 1. The summed E-state index contributed by atoms with van der Waals surface area (Å²) < 4.78 is 7.83. The van der Waals surface area contributed by atoms with E-state index in [4.69, 9.17) is 16.3 Å². The number of pyridine rings is 1. The minimum absolute atomic E-state index is 0.462. The van der Waals surface area contributed by atoms with Crippen molar-refractivity contribution in [3.8, 4) is 11.6 Å². The fourth-order valence-corrected chi connectivity index (χ4v) is 2.75. The molecular weight excluding hydrogens is 322 g/mol. The molecule has 24 heavy (non-hydrogen) atoms. The third-order valence-corrected chi connectivity index (χ3v) is 3.97. The molecular formula is C19H14ClN3O. The molecule has 0 saturated carbocycles. The first-order chi connectivity index (χ1) is 11.8. The Bertz CT molecular complexity index is 969. The lowest BCUT2D eigenvalue weighted by Crippen LogP contribution is -2.00. The second kappa shape index (κ2) is 6.34. The molecule has 0 fully saturated rings. The van der Waals surface area contributed by atoms with Gasteiger partial charge in [0.2, 0.25) is 5.88 Å². The Kier molecular flexibility index (Phi) is 3.89. The van der Waals surface area contributed by atoms with Crippen molar-refractivity contribution in [1.29, 1.82) is 0 Å². The SMILES string of the molecule is Clc1ccc2c(-n3ccnc3)cc(OCc3ccccc3)nc2c1. The molecule has 4 aromatic rings. The Morgan fingerprint density at radius 1 is 1.04 bits per heavy atom. The predicted octanol–water partition coefficient (Wildman–Crippen LogP) is 4.65. The van der Waals surface area contributed by atoms with E-state index >= 15 is 0 Å². The molecule has 2 aromatic carbocycles. The van der Waals surface area contributed by atoms with Crippen LogP contribution in [0.4, 0.5) is 0 Å². The van der Waals surface area contributed by atoms with Crippen LogP contribution < -0.4 is 4.74 Å². The zero-order chi connectivity index (χ0) is 16.4. The van der Waals surface area contributed by atoms with Crippen molar-refractivity contribution in [3.63, 3.8) is 0 Å². The van der Waals surface area contributed by atoms with Crippen molar-refractivity contribution >= 4 is 22.5 Å². The summed E-state index contributed by atoms with van der Waals surface area (Å²) in [6.07, 6.45) is 5.39. The second-order valence-corrected chi connectivity index (χ2v) is 5.82. The molecule has 0 atom stereocenters. The maximum absolute atomic E-state index is 6.12. The van der Waals surface area contributed by atoms with Gasteiger partial charge >= 0.3 is 0 Å². The predicted molar refractivity (Wildman–Crippen MR) is 94.6 cm³/mol. The van der Waals surface area contributed by atoms with Crippen LogP contribution >= 0.6 is 11.6 Å². The van der Waals surface area contributed by atoms with Gasteiger partial charge in [0.15, 0.2) is 0 Å². The van der Waals surface area contributed by atoms with E-state index in [2.05, 4.69) is 9.97 Å². The fraction of sp³-hybridized carbons (Fsp3) is 0.0526. The van der Waals surface area contributed by atoms with Crippen LogP contribution in [0.25, 0.3) is 16.6 Å². The van der Waals surface area contributed by atoms with E-state index in [1.165, 1.54) is 0 Å². The molecule has 0 saturated heterocycles. The summed E-state index contributed by atoms with van der Waals surface area (Å²) in [4.78, 5) is 8.70. The van der Waals surface area contributed by atoms with E-state index in [1.807, 2.05) is 65.4 Å². The number of halogens is 1. The summed E-state index contributed by atoms with van der Waals surface area (Å²) in [6, 6.07) is 17.6. The van der Waals surface area contributed by atoms with Gasteiger partial charge in [-0.25, -0.2) is 9.97 Å². The molecule has 0 aliphatic carbocycles.